The second kappa shape index (κ2) is 9.56. The minimum absolute atomic E-state index is 0.0362. The van der Waals surface area contributed by atoms with Crippen LogP contribution in [0.5, 0.6) is 0 Å². The first-order chi connectivity index (χ1) is 15.1. The fourth-order valence-electron chi connectivity index (χ4n) is 3.78. The molecule has 1 amide bonds. The summed E-state index contributed by atoms with van der Waals surface area (Å²) in [4.78, 5) is 17.1. The number of rotatable bonds is 8. The van der Waals surface area contributed by atoms with Gasteiger partial charge in [0.1, 0.15) is 11.6 Å². The molecule has 158 valence electrons. The molecule has 0 spiro atoms. The summed E-state index contributed by atoms with van der Waals surface area (Å²) >= 11 is 0. The Morgan fingerprint density at radius 1 is 1.00 bits per heavy atom. The highest BCUT2D eigenvalue weighted by molar-refractivity contribution is 5.79. The van der Waals surface area contributed by atoms with Gasteiger partial charge in [0, 0.05) is 19.5 Å². The van der Waals surface area contributed by atoms with E-state index >= 15 is 0 Å². The largest absolute Gasteiger partial charge is 0.356 e. The highest BCUT2D eigenvalue weighted by atomic mass is 19.1. The quantitative estimate of drug-likeness (QED) is 0.419. The van der Waals surface area contributed by atoms with Crippen molar-refractivity contribution >= 4 is 16.9 Å². The number of carbonyl (C=O) groups excluding carboxylic acids is 1. The van der Waals surface area contributed by atoms with E-state index in [1.807, 2.05) is 49.4 Å². The molecule has 0 atom stereocenters. The third-order valence-corrected chi connectivity index (χ3v) is 5.50. The van der Waals surface area contributed by atoms with Crippen LogP contribution < -0.4 is 5.32 Å². The zero-order valence-corrected chi connectivity index (χ0v) is 17.6. The molecule has 0 aliphatic heterocycles. The van der Waals surface area contributed by atoms with E-state index < -0.39 is 0 Å². The molecule has 0 fully saturated rings. The van der Waals surface area contributed by atoms with Crippen LogP contribution in [0, 0.1) is 12.7 Å². The van der Waals surface area contributed by atoms with Gasteiger partial charge < -0.3 is 9.88 Å². The molecular weight excluding hydrogens is 389 g/mol. The summed E-state index contributed by atoms with van der Waals surface area (Å²) in [5.41, 5.74) is 5.22. The number of halogens is 1. The number of aryl methyl sites for hydroxylation is 2. The number of fused-ring (bicyclic) bond motifs is 1. The van der Waals surface area contributed by atoms with E-state index in [2.05, 4.69) is 16.0 Å². The molecule has 4 nitrogen and oxygen atoms in total. The Bertz CT molecular complexity index is 1180. The standard InChI is InChI=1S/C26H26FN3O/c1-19-7-2-3-8-21(19)17-26(31)28-16-6-11-25-29-23-9-4-5-10-24(23)30(25)18-20-12-14-22(27)15-13-20/h2-5,7-10,12-15H,6,11,16-18H2,1H3,(H,28,31). The Hall–Kier alpha value is -3.47. The van der Waals surface area contributed by atoms with Gasteiger partial charge in [-0.15, -0.1) is 0 Å². The summed E-state index contributed by atoms with van der Waals surface area (Å²) in [6, 6.07) is 22.6. The van der Waals surface area contributed by atoms with E-state index in [1.54, 1.807) is 12.1 Å². The Morgan fingerprint density at radius 2 is 1.74 bits per heavy atom. The average Bonchev–Trinajstić information content (AvgIpc) is 3.12. The number of aromatic nitrogens is 2. The van der Waals surface area contributed by atoms with Crippen molar-refractivity contribution in [3.05, 3.63) is 101 Å². The molecule has 0 unspecified atom stereocenters. The molecule has 31 heavy (non-hydrogen) atoms. The molecule has 0 saturated heterocycles. The van der Waals surface area contributed by atoms with Crippen molar-refractivity contribution in [1.82, 2.24) is 14.9 Å². The zero-order valence-electron chi connectivity index (χ0n) is 17.6. The molecule has 3 aromatic carbocycles. The molecular formula is C26H26FN3O. The second-order valence-corrected chi connectivity index (χ2v) is 7.79. The van der Waals surface area contributed by atoms with E-state index in [4.69, 9.17) is 4.98 Å². The van der Waals surface area contributed by atoms with Gasteiger partial charge in [-0.25, -0.2) is 9.37 Å². The maximum atomic E-state index is 13.3. The Morgan fingerprint density at radius 3 is 2.55 bits per heavy atom. The summed E-state index contributed by atoms with van der Waals surface area (Å²) in [7, 11) is 0. The first kappa shape index (κ1) is 20.8. The molecule has 0 aliphatic carbocycles. The molecule has 1 heterocycles. The highest BCUT2D eigenvalue weighted by Crippen LogP contribution is 2.19. The monoisotopic (exact) mass is 415 g/mol. The number of hydrogen-bond acceptors (Lipinski definition) is 2. The van der Waals surface area contributed by atoms with Gasteiger partial charge in [0.05, 0.1) is 17.5 Å². The van der Waals surface area contributed by atoms with Crippen LogP contribution in [0.2, 0.25) is 0 Å². The molecule has 0 radical (unpaired) electrons. The Kier molecular flexibility index (Phi) is 6.41. The predicted octanol–water partition coefficient (Wildman–Crippen LogP) is 4.82. The van der Waals surface area contributed by atoms with Crippen LogP contribution in [0.1, 0.15) is 28.9 Å². The maximum Gasteiger partial charge on any atom is 0.224 e. The van der Waals surface area contributed by atoms with Gasteiger partial charge in [-0.05, 0) is 54.3 Å². The Labute approximate surface area is 181 Å². The highest BCUT2D eigenvalue weighted by Gasteiger charge is 2.11. The van der Waals surface area contributed by atoms with Crippen LogP contribution in [0.25, 0.3) is 11.0 Å². The molecule has 1 aromatic heterocycles. The molecule has 5 heteroatoms. The summed E-state index contributed by atoms with van der Waals surface area (Å²) < 4.78 is 15.5. The second-order valence-electron chi connectivity index (χ2n) is 7.79. The van der Waals surface area contributed by atoms with Gasteiger partial charge in [-0.2, -0.15) is 0 Å². The topological polar surface area (TPSA) is 46.9 Å². The molecule has 4 aromatic rings. The van der Waals surface area contributed by atoms with Gasteiger partial charge in [0.25, 0.3) is 0 Å². The number of imidazole rings is 1. The third kappa shape index (κ3) is 5.18. The lowest BCUT2D eigenvalue weighted by atomic mass is 10.1. The molecule has 0 bridgehead atoms. The first-order valence-electron chi connectivity index (χ1n) is 10.6. The predicted molar refractivity (Wildman–Crippen MR) is 121 cm³/mol. The smallest absolute Gasteiger partial charge is 0.224 e. The lowest BCUT2D eigenvalue weighted by Crippen LogP contribution is -2.26. The third-order valence-electron chi connectivity index (χ3n) is 5.50. The number of nitrogens with one attached hydrogen (secondary N) is 1. The summed E-state index contributed by atoms with van der Waals surface area (Å²) in [5.74, 6) is 0.772. The normalized spacial score (nSPS) is 11.0. The lowest BCUT2D eigenvalue weighted by Gasteiger charge is -2.10. The van der Waals surface area contributed by atoms with Gasteiger partial charge in [0.15, 0.2) is 0 Å². The minimum Gasteiger partial charge on any atom is -0.356 e. The fraction of sp³-hybridized carbons (Fsp3) is 0.231. The van der Waals surface area contributed by atoms with Crippen LogP contribution in [0.4, 0.5) is 4.39 Å². The molecule has 1 N–H and O–H groups in total. The van der Waals surface area contributed by atoms with Gasteiger partial charge in [-0.1, -0.05) is 48.5 Å². The van der Waals surface area contributed by atoms with Crippen LogP contribution >= 0.6 is 0 Å². The fourth-order valence-corrected chi connectivity index (χ4v) is 3.78. The van der Waals surface area contributed by atoms with E-state index in [0.29, 0.717) is 19.5 Å². The SMILES string of the molecule is Cc1ccccc1CC(=O)NCCCc1nc2ccccc2n1Cc1ccc(F)cc1. The van der Waals surface area contributed by atoms with Crippen LogP contribution in [0.3, 0.4) is 0 Å². The van der Waals surface area contributed by atoms with Crippen LogP contribution in [-0.2, 0) is 24.2 Å². The van der Waals surface area contributed by atoms with Gasteiger partial charge in [-0.3, -0.25) is 4.79 Å². The lowest BCUT2D eigenvalue weighted by molar-refractivity contribution is -0.120. The van der Waals surface area contributed by atoms with Crippen molar-refractivity contribution < 1.29 is 9.18 Å². The van der Waals surface area contributed by atoms with E-state index in [-0.39, 0.29) is 11.7 Å². The van der Waals surface area contributed by atoms with Crippen molar-refractivity contribution in [3.8, 4) is 0 Å². The number of benzene rings is 3. The summed E-state index contributed by atoms with van der Waals surface area (Å²) in [5, 5.41) is 3.02. The summed E-state index contributed by atoms with van der Waals surface area (Å²) in [6.07, 6.45) is 1.95. The summed E-state index contributed by atoms with van der Waals surface area (Å²) in [6.45, 7) is 3.26. The van der Waals surface area contributed by atoms with Gasteiger partial charge >= 0.3 is 0 Å². The number of nitrogens with zero attached hydrogens (tertiary/aromatic N) is 2. The van der Waals surface area contributed by atoms with E-state index in [1.165, 1.54) is 12.1 Å². The maximum absolute atomic E-state index is 13.3. The molecule has 0 saturated carbocycles. The minimum atomic E-state index is -0.235. The van der Waals surface area contributed by atoms with Crippen molar-refractivity contribution in [2.45, 2.75) is 32.7 Å². The van der Waals surface area contributed by atoms with Gasteiger partial charge in [0.2, 0.25) is 5.91 Å². The Balaban J connectivity index is 1.39. The number of para-hydroxylation sites is 2. The van der Waals surface area contributed by atoms with E-state index in [0.717, 1.165) is 46.4 Å². The van der Waals surface area contributed by atoms with Crippen LogP contribution in [0.15, 0.2) is 72.8 Å². The van der Waals surface area contributed by atoms with Crippen LogP contribution in [-0.4, -0.2) is 22.0 Å². The number of amides is 1. The van der Waals surface area contributed by atoms with Crippen molar-refractivity contribution in [2.24, 2.45) is 0 Å². The first-order valence-corrected chi connectivity index (χ1v) is 10.6. The van der Waals surface area contributed by atoms with Crippen molar-refractivity contribution in [2.75, 3.05) is 6.54 Å². The number of hydrogen-bond donors (Lipinski definition) is 1. The molecule has 4 rings (SSSR count). The van der Waals surface area contributed by atoms with E-state index in [9.17, 15) is 9.18 Å². The number of carbonyl (C=O) groups is 1. The van der Waals surface area contributed by atoms with Crippen molar-refractivity contribution in [1.29, 1.82) is 0 Å². The molecule has 0 aliphatic rings. The zero-order chi connectivity index (χ0) is 21.6. The van der Waals surface area contributed by atoms with Crippen molar-refractivity contribution in [3.63, 3.8) is 0 Å². The average molecular weight is 416 g/mol.